The highest BCUT2D eigenvalue weighted by molar-refractivity contribution is 8.01. The Bertz CT molecular complexity index is 315. The third-order valence-corrected chi connectivity index (χ3v) is 6.30. The third kappa shape index (κ3) is 3.10. The maximum absolute atomic E-state index is 11.9. The molecule has 1 heterocycles. The molecule has 4 heteroatoms. The number of ether oxygens (including phenoxy) is 1. The van der Waals surface area contributed by atoms with Crippen molar-refractivity contribution in [1.82, 2.24) is 4.90 Å². The number of thioether (sulfide) groups is 1. The minimum absolute atomic E-state index is 0.0550. The fraction of sp³-hybridized carbons (Fsp3) is 0.933. The third-order valence-electron chi connectivity index (χ3n) is 4.53. The fourth-order valence-corrected chi connectivity index (χ4v) is 5.76. The first kappa shape index (κ1) is 15.2. The average molecular weight is 285 g/mol. The number of hydrogen-bond donors (Lipinski definition) is 0. The largest absolute Gasteiger partial charge is 0.465 e. The van der Waals surface area contributed by atoms with Gasteiger partial charge >= 0.3 is 5.97 Å². The van der Waals surface area contributed by atoms with Crippen molar-refractivity contribution in [1.29, 1.82) is 0 Å². The van der Waals surface area contributed by atoms with Crippen LogP contribution in [-0.4, -0.2) is 40.2 Å². The predicted octanol–water partition coefficient (Wildman–Crippen LogP) is 3.43. The molecular weight excluding hydrogens is 258 g/mol. The lowest BCUT2D eigenvalue weighted by atomic mass is 9.92. The summed E-state index contributed by atoms with van der Waals surface area (Å²) in [5, 5.41) is 0.623. The van der Waals surface area contributed by atoms with Gasteiger partial charge in [0.1, 0.15) is 0 Å². The molecule has 2 atom stereocenters. The van der Waals surface area contributed by atoms with Crippen molar-refractivity contribution in [2.24, 2.45) is 0 Å². The van der Waals surface area contributed by atoms with E-state index < -0.39 is 0 Å². The Balaban J connectivity index is 2.14. The van der Waals surface area contributed by atoms with Crippen LogP contribution < -0.4 is 0 Å². The highest BCUT2D eigenvalue weighted by Gasteiger charge is 2.50. The topological polar surface area (TPSA) is 29.5 Å². The molecule has 0 aromatic carbocycles. The van der Waals surface area contributed by atoms with Gasteiger partial charge in [-0.05, 0) is 26.2 Å². The summed E-state index contributed by atoms with van der Waals surface area (Å²) in [5.41, 5.74) is 0. The second-order valence-electron chi connectivity index (χ2n) is 5.74. The van der Waals surface area contributed by atoms with Crippen LogP contribution in [0.15, 0.2) is 0 Å². The molecule has 110 valence electrons. The van der Waals surface area contributed by atoms with Crippen LogP contribution in [-0.2, 0) is 9.53 Å². The molecule has 1 spiro atoms. The van der Waals surface area contributed by atoms with Gasteiger partial charge < -0.3 is 4.74 Å². The first-order chi connectivity index (χ1) is 9.13. The number of carbonyl (C=O) groups excluding carboxylic acids is 1. The maximum atomic E-state index is 11.9. The van der Waals surface area contributed by atoms with E-state index in [9.17, 15) is 4.79 Å². The minimum Gasteiger partial charge on any atom is -0.465 e. The van der Waals surface area contributed by atoms with Gasteiger partial charge in [0.2, 0.25) is 0 Å². The van der Waals surface area contributed by atoms with E-state index in [1.807, 2.05) is 6.92 Å². The quantitative estimate of drug-likeness (QED) is 0.740. The molecule has 2 aliphatic rings. The summed E-state index contributed by atoms with van der Waals surface area (Å²) < 4.78 is 5.18. The summed E-state index contributed by atoms with van der Waals surface area (Å²) in [4.78, 5) is 14.6. The molecule has 0 bridgehead atoms. The van der Waals surface area contributed by atoms with Crippen LogP contribution in [0.2, 0.25) is 0 Å². The molecule has 1 aliphatic carbocycles. The van der Waals surface area contributed by atoms with Crippen molar-refractivity contribution in [3.63, 3.8) is 0 Å². The highest BCUT2D eigenvalue weighted by atomic mass is 32.2. The van der Waals surface area contributed by atoms with Gasteiger partial charge in [0.05, 0.1) is 18.0 Å². The van der Waals surface area contributed by atoms with E-state index in [0.29, 0.717) is 24.4 Å². The SMILES string of the molecule is CCOC(=O)CN1C(CC)C(C)SC12CCCCC2. The number of hydrogen-bond acceptors (Lipinski definition) is 4. The van der Waals surface area contributed by atoms with Gasteiger partial charge in [-0.2, -0.15) is 0 Å². The lowest BCUT2D eigenvalue weighted by Gasteiger charge is -2.42. The van der Waals surface area contributed by atoms with Crippen LogP contribution in [0, 0.1) is 0 Å². The van der Waals surface area contributed by atoms with Gasteiger partial charge in [0, 0.05) is 11.3 Å². The van der Waals surface area contributed by atoms with Crippen LogP contribution in [0.3, 0.4) is 0 Å². The Morgan fingerprint density at radius 3 is 2.58 bits per heavy atom. The van der Waals surface area contributed by atoms with E-state index in [1.165, 1.54) is 32.1 Å². The smallest absolute Gasteiger partial charge is 0.320 e. The summed E-state index contributed by atoms with van der Waals surface area (Å²) in [6, 6.07) is 0.521. The van der Waals surface area contributed by atoms with Crippen LogP contribution in [0.25, 0.3) is 0 Å². The standard InChI is InChI=1S/C15H27NO2S/c1-4-13-12(3)19-15(9-7-6-8-10-15)16(13)11-14(17)18-5-2/h12-13H,4-11H2,1-3H3. The molecule has 0 aromatic rings. The molecule has 2 fully saturated rings. The van der Waals surface area contributed by atoms with E-state index in [-0.39, 0.29) is 10.8 Å². The zero-order chi connectivity index (χ0) is 13.9. The summed E-state index contributed by atoms with van der Waals surface area (Å²) in [5.74, 6) is -0.0550. The molecule has 0 amide bonds. The van der Waals surface area contributed by atoms with Crippen molar-refractivity contribution >= 4 is 17.7 Å². The fourth-order valence-electron chi connectivity index (χ4n) is 3.72. The average Bonchev–Trinajstić information content (AvgIpc) is 2.62. The Hall–Kier alpha value is -0.220. The van der Waals surface area contributed by atoms with Gasteiger partial charge in [0.15, 0.2) is 0 Å². The summed E-state index contributed by atoms with van der Waals surface area (Å²) in [7, 11) is 0. The monoisotopic (exact) mass is 285 g/mol. The summed E-state index contributed by atoms with van der Waals surface area (Å²) in [6.07, 6.45) is 7.54. The maximum Gasteiger partial charge on any atom is 0.320 e. The van der Waals surface area contributed by atoms with Gasteiger partial charge in [-0.15, -0.1) is 11.8 Å². The lowest BCUT2D eigenvalue weighted by molar-refractivity contribution is -0.146. The first-order valence-corrected chi connectivity index (χ1v) is 8.61. The lowest BCUT2D eigenvalue weighted by Crippen LogP contribution is -2.50. The molecule has 1 saturated carbocycles. The molecule has 2 unspecified atom stereocenters. The Morgan fingerprint density at radius 1 is 1.32 bits per heavy atom. The zero-order valence-electron chi connectivity index (χ0n) is 12.5. The van der Waals surface area contributed by atoms with Gasteiger partial charge in [-0.25, -0.2) is 0 Å². The Morgan fingerprint density at radius 2 is 2.00 bits per heavy atom. The van der Waals surface area contributed by atoms with E-state index >= 15 is 0 Å². The second kappa shape index (κ2) is 6.49. The number of carbonyl (C=O) groups is 1. The number of rotatable bonds is 4. The van der Waals surface area contributed by atoms with Crippen molar-refractivity contribution in [2.75, 3.05) is 13.2 Å². The van der Waals surface area contributed by atoms with Gasteiger partial charge in [0.25, 0.3) is 0 Å². The molecule has 19 heavy (non-hydrogen) atoms. The second-order valence-corrected chi connectivity index (χ2v) is 7.48. The molecule has 3 nitrogen and oxygen atoms in total. The van der Waals surface area contributed by atoms with Gasteiger partial charge in [-0.3, -0.25) is 9.69 Å². The van der Waals surface area contributed by atoms with Crippen LogP contribution in [0.1, 0.15) is 59.3 Å². The molecule has 2 rings (SSSR count). The molecule has 0 N–H and O–H groups in total. The summed E-state index contributed by atoms with van der Waals surface area (Å²) >= 11 is 2.11. The van der Waals surface area contributed by atoms with Crippen molar-refractivity contribution in [2.45, 2.75) is 75.5 Å². The molecule has 0 radical (unpaired) electrons. The van der Waals surface area contributed by atoms with Crippen LogP contribution >= 0.6 is 11.8 Å². The van der Waals surface area contributed by atoms with Crippen molar-refractivity contribution in [3.05, 3.63) is 0 Å². The number of nitrogens with zero attached hydrogens (tertiary/aromatic N) is 1. The van der Waals surface area contributed by atoms with Crippen molar-refractivity contribution in [3.8, 4) is 0 Å². The molecule has 0 aromatic heterocycles. The van der Waals surface area contributed by atoms with Crippen LogP contribution in [0.4, 0.5) is 0 Å². The predicted molar refractivity (Wildman–Crippen MR) is 80.3 cm³/mol. The number of esters is 1. The van der Waals surface area contributed by atoms with E-state index in [4.69, 9.17) is 4.74 Å². The normalized spacial score (nSPS) is 30.7. The van der Waals surface area contributed by atoms with Gasteiger partial charge in [-0.1, -0.05) is 33.1 Å². The first-order valence-electron chi connectivity index (χ1n) is 7.73. The van der Waals surface area contributed by atoms with E-state index in [2.05, 4.69) is 30.5 Å². The zero-order valence-corrected chi connectivity index (χ0v) is 13.3. The molecular formula is C15H27NO2S. The van der Waals surface area contributed by atoms with Crippen molar-refractivity contribution < 1.29 is 9.53 Å². The van der Waals surface area contributed by atoms with E-state index in [0.717, 1.165) is 6.42 Å². The highest BCUT2D eigenvalue weighted by Crippen LogP contribution is 2.52. The Kier molecular flexibility index (Phi) is 5.18. The summed E-state index contributed by atoms with van der Waals surface area (Å²) in [6.45, 7) is 7.40. The van der Waals surface area contributed by atoms with E-state index in [1.54, 1.807) is 0 Å². The van der Waals surface area contributed by atoms with Crippen LogP contribution in [0.5, 0.6) is 0 Å². The Labute approximate surface area is 121 Å². The minimum atomic E-state index is -0.0550. The molecule has 1 aliphatic heterocycles. The molecule has 1 saturated heterocycles.